The zero-order chi connectivity index (χ0) is 18.1. The average Bonchev–Trinajstić information content (AvgIpc) is 3.17. The van der Waals surface area contributed by atoms with Crippen LogP contribution in [0.25, 0.3) is 0 Å². The third-order valence-corrected chi connectivity index (χ3v) is 4.53. The number of hydrogen-bond donors (Lipinski definition) is 1. The van der Waals surface area contributed by atoms with Gasteiger partial charge in [0.25, 0.3) is 11.6 Å². The lowest BCUT2D eigenvalue weighted by Gasteiger charge is -2.28. The highest BCUT2D eigenvalue weighted by Crippen LogP contribution is 2.38. The Balaban J connectivity index is 1.97. The Morgan fingerprint density at radius 3 is 2.60 bits per heavy atom. The molecule has 3 rings (SSSR count). The topological polar surface area (TPSA) is 110 Å². The van der Waals surface area contributed by atoms with Gasteiger partial charge in [-0.2, -0.15) is 0 Å². The fourth-order valence-electron chi connectivity index (χ4n) is 3.33. The van der Waals surface area contributed by atoms with Crippen molar-refractivity contribution in [2.24, 2.45) is 0 Å². The van der Waals surface area contributed by atoms with Gasteiger partial charge in [0.05, 0.1) is 22.6 Å². The molecule has 0 aliphatic carbocycles. The second kappa shape index (κ2) is 6.64. The summed E-state index contributed by atoms with van der Waals surface area (Å²) in [6.07, 6.45) is 1.55. The Hall–Kier alpha value is -2.74. The molecule has 25 heavy (non-hydrogen) atoms. The fourth-order valence-corrected chi connectivity index (χ4v) is 3.33. The van der Waals surface area contributed by atoms with Crippen molar-refractivity contribution in [2.45, 2.75) is 31.9 Å². The summed E-state index contributed by atoms with van der Waals surface area (Å²) in [6, 6.07) is 4.87. The van der Waals surface area contributed by atoms with Crippen LogP contribution in [0.2, 0.25) is 0 Å². The fraction of sp³-hybridized carbons (Fsp3) is 0.412. The van der Waals surface area contributed by atoms with Crippen LogP contribution in [0, 0.1) is 10.1 Å². The van der Waals surface area contributed by atoms with Gasteiger partial charge in [0.2, 0.25) is 0 Å². The Morgan fingerprint density at radius 1 is 1.40 bits per heavy atom. The predicted molar refractivity (Wildman–Crippen MR) is 86.9 cm³/mol. The molecule has 2 aliphatic rings. The van der Waals surface area contributed by atoms with Crippen LogP contribution in [0.5, 0.6) is 0 Å². The third-order valence-electron chi connectivity index (χ3n) is 4.53. The van der Waals surface area contributed by atoms with Gasteiger partial charge in [0.15, 0.2) is 11.5 Å². The monoisotopic (exact) mass is 346 g/mol. The number of amides is 1. The van der Waals surface area contributed by atoms with Crippen molar-refractivity contribution >= 4 is 17.4 Å². The summed E-state index contributed by atoms with van der Waals surface area (Å²) >= 11 is 0. The lowest BCUT2D eigenvalue weighted by Crippen LogP contribution is -2.37. The number of ether oxygens (including phenoxy) is 1. The standard InChI is InChI=1S/C17H18N2O6/c1-10(20)14-15(11-4-6-12(7-5-11)19(23)24)18(17(22)16(14)21)9-13-3-2-8-25-13/h4-7,13,15,21H,2-3,8-9H2,1H3/t13-,15-/m1/s1. The van der Waals surface area contributed by atoms with Gasteiger partial charge in [-0.15, -0.1) is 0 Å². The molecule has 0 saturated carbocycles. The Kier molecular flexibility index (Phi) is 4.54. The summed E-state index contributed by atoms with van der Waals surface area (Å²) in [5.41, 5.74) is 0.458. The van der Waals surface area contributed by atoms with Gasteiger partial charge in [0.1, 0.15) is 0 Å². The second-order valence-electron chi connectivity index (χ2n) is 6.16. The van der Waals surface area contributed by atoms with Crippen LogP contribution in [0.3, 0.4) is 0 Å². The van der Waals surface area contributed by atoms with Crippen LogP contribution in [0.4, 0.5) is 5.69 Å². The summed E-state index contributed by atoms with van der Waals surface area (Å²) in [4.78, 5) is 36.2. The number of aliphatic hydroxyl groups is 1. The molecule has 0 radical (unpaired) electrons. The van der Waals surface area contributed by atoms with Gasteiger partial charge >= 0.3 is 0 Å². The predicted octanol–water partition coefficient (Wildman–Crippen LogP) is 2.06. The maximum Gasteiger partial charge on any atom is 0.290 e. The van der Waals surface area contributed by atoms with Gasteiger partial charge in [-0.1, -0.05) is 0 Å². The van der Waals surface area contributed by atoms with Crippen LogP contribution in [-0.2, 0) is 14.3 Å². The molecule has 1 aromatic carbocycles. The number of aliphatic hydroxyl groups excluding tert-OH is 1. The van der Waals surface area contributed by atoms with Crippen molar-refractivity contribution in [1.29, 1.82) is 0 Å². The van der Waals surface area contributed by atoms with Crippen LogP contribution >= 0.6 is 0 Å². The number of nitro benzene ring substituents is 1. The van der Waals surface area contributed by atoms with E-state index >= 15 is 0 Å². The smallest absolute Gasteiger partial charge is 0.290 e. The van der Waals surface area contributed by atoms with Gasteiger partial charge in [-0.3, -0.25) is 19.7 Å². The summed E-state index contributed by atoms with van der Waals surface area (Å²) in [5.74, 6) is -1.60. The zero-order valence-electron chi connectivity index (χ0n) is 13.7. The van der Waals surface area contributed by atoms with Crippen molar-refractivity contribution in [3.8, 4) is 0 Å². The first-order chi connectivity index (χ1) is 11.9. The normalized spacial score (nSPS) is 23.4. The summed E-state index contributed by atoms with van der Waals surface area (Å²) in [5, 5.41) is 21.0. The van der Waals surface area contributed by atoms with E-state index in [-0.39, 0.29) is 23.9 Å². The van der Waals surface area contributed by atoms with Gasteiger partial charge in [-0.05, 0) is 37.5 Å². The summed E-state index contributed by atoms with van der Waals surface area (Å²) in [7, 11) is 0. The highest BCUT2D eigenvalue weighted by Gasteiger charge is 2.43. The second-order valence-corrected chi connectivity index (χ2v) is 6.16. The number of ketones is 1. The van der Waals surface area contributed by atoms with E-state index in [1.54, 1.807) is 0 Å². The number of carbonyl (C=O) groups excluding carboxylic acids is 2. The Morgan fingerprint density at radius 2 is 2.08 bits per heavy atom. The minimum atomic E-state index is -0.769. The number of benzene rings is 1. The minimum absolute atomic E-state index is 0.0110. The van der Waals surface area contributed by atoms with Crippen LogP contribution in [0.15, 0.2) is 35.6 Å². The quantitative estimate of drug-likeness (QED) is 0.645. The van der Waals surface area contributed by atoms with E-state index in [0.717, 1.165) is 12.8 Å². The molecule has 0 unspecified atom stereocenters. The first-order valence-corrected chi connectivity index (χ1v) is 8.01. The number of nitrogens with zero attached hydrogens (tertiary/aromatic N) is 2. The zero-order valence-corrected chi connectivity index (χ0v) is 13.7. The number of non-ortho nitro benzene ring substituents is 1. The van der Waals surface area contributed by atoms with Crippen molar-refractivity contribution in [3.63, 3.8) is 0 Å². The minimum Gasteiger partial charge on any atom is -0.503 e. The molecule has 1 fully saturated rings. The molecule has 1 saturated heterocycles. The van der Waals surface area contributed by atoms with E-state index in [1.165, 1.54) is 36.1 Å². The molecule has 1 aromatic rings. The molecule has 1 N–H and O–H groups in total. The van der Waals surface area contributed by atoms with Gasteiger partial charge < -0.3 is 14.7 Å². The number of Topliss-reactive ketones (excluding diaryl/α,β-unsaturated/α-hetero) is 1. The lowest BCUT2D eigenvalue weighted by atomic mass is 9.96. The largest absolute Gasteiger partial charge is 0.503 e. The Labute approximate surface area is 143 Å². The molecular weight excluding hydrogens is 328 g/mol. The molecule has 8 nitrogen and oxygen atoms in total. The molecule has 132 valence electrons. The lowest BCUT2D eigenvalue weighted by molar-refractivity contribution is -0.384. The van der Waals surface area contributed by atoms with Gasteiger partial charge in [-0.25, -0.2) is 0 Å². The highest BCUT2D eigenvalue weighted by atomic mass is 16.6. The van der Waals surface area contributed by atoms with Crippen molar-refractivity contribution in [2.75, 3.05) is 13.2 Å². The van der Waals surface area contributed by atoms with Crippen molar-refractivity contribution in [3.05, 3.63) is 51.3 Å². The number of carbonyl (C=O) groups is 2. The first kappa shape index (κ1) is 17.1. The summed E-state index contributed by atoms with van der Waals surface area (Å²) < 4.78 is 5.56. The van der Waals surface area contributed by atoms with Crippen molar-refractivity contribution in [1.82, 2.24) is 4.90 Å². The average molecular weight is 346 g/mol. The summed E-state index contributed by atoms with van der Waals surface area (Å²) in [6.45, 7) is 2.15. The van der Waals surface area contributed by atoms with E-state index in [0.29, 0.717) is 12.2 Å². The number of rotatable bonds is 5. The Bertz CT molecular complexity index is 749. The molecule has 0 spiro atoms. The maximum atomic E-state index is 12.5. The van der Waals surface area contributed by atoms with Crippen LogP contribution < -0.4 is 0 Å². The molecule has 2 heterocycles. The molecule has 0 bridgehead atoms. The highest BCUT2D eigenvalue weighted by molar-refractivity contribution is 6.08. The third kappa shape index (κ3) is 3.12. The van der Waals surface area contributed by atoms with E-state index in [2.05, 4.69) is 0 Å². The van der Waals surface area contributed by atoms with E-state index < -0.39 is 28.4 Å². The first-order valence-electron chi connectivity index (χ1n) is 8.01. The molecular formula is C17H18N2O6. The van der Waals surface area contributed by atoms with E-state index in [4.69, 9.17) is 4.74 Å². The van der Waals surface area contributed by atoms with Crippen LogP contribution in [0.1, 0.15) is 31.4 Å². The van der Waals surface area contributed by atoms with Gasteiger partial charge in [0, 0.05) is 25.3 Å². The van der Waals surface area contributed by atoms with Crippen molar-refractivity contribution < 1.29 is 24.4 Å². The number of nitro groups is 1. The maximum absolute atomic E-state index is 12.5. The molecule has 0 aromatic heterocycles. The van der Waals surface area contributed by atoms with E-state index in [1.807, 2.05) is 0 Å². The number of hydrogen-bond acceptors (Lipinski definition) is 6. The molecule has 8 heteroatoms. The molecule has 2 aliphatic heterocycles. The molecule has 2 atom stereocenters. The SMILES string of the molecule is CC(=O)C1=C(O)C(=O)N(C[C@H]2CCCO2)[C@@H]1c1ccc([N+](=O)[O-])cc1. The van der Waals surface area contributed by atoms with Crippen LogP contribution in [-0.4, -0.2) is 45.9 Å². The molecule has 1 amide bonds. The van der Waals surface area contributed by atoms with E-state index in [9.17, 15) is 24.8 Å².